The molecule has 24 N–H and O–H groups in total. The Bertz CT molecular complexity index is 3130. The second kappa shape index (κ2) is 43.9. The molecule has 100 heavy (non-hydrogen) atoms. The van der Waals surface area contributed by atoms with Crippen molar-refractivity contribution in [3.05, 3.63) is 36.0 Å². The fraction of sp³-hybridized carbons (Fsp3) is 0.641. The quantitative estimate of drug-likeness (QED) is 0.0277. The zero-order chi connectivity index (χ0) is 75.7. The number of nitrogens with one attached hydrogen (secondary N) is 13. The lowest BCUT2D eigenvalue weighted by Gasteiger charge is -2.29. The molecule has 0 saturated carbocycles. The Hall–Kier alpha value is -9.39. The number of rotatable bonds is 47. The molecule has 1 heterocycles. The van der Waals surface area contributed by atoms with Crippen LogP contribution < -0.4 is 81.0 Å². The van der Waals surface area contributed by atoms with Gasteiger partial charge >= 0.3 is 17.9 Å². The van der Waals surface area contributed by atoms with E-state index in [1.165, 1.54) is 27.7 Å². The highest BCUT2D eigenvalue weighted by Crippen LogP contribution is 2.20. The smallest absolute Gasteiger partial charge is 0.326 e. The summed E-state index contributed by atoms with van der Waals surface area (Å²) in [5.41, 5.74) is 18.3. The van der Waals surface area contributed by atoms with E-state index in [1.54, 1.807) is 58.2 Å². The molecule has 0 fully saturated rings. The molecule has 0 aliphatic carbocycles. The Kier molecular flexibility index (Phi) is 38.1. The third kappa shape index (κ3) is 30.4. The van der Waals surface area contributed by atoms with Crippen LogP contribution in [-0.2, 0) is 78.3 Å². The molecular formula is C64H104N16O20. The van der Waals surface area contributed by atoms with Gasteiger partial charge in [0.15, 0.2) is 0 Å². The fourth-order valence-electron chi connectivity index (χ4n) is 10.0. The predicted octanol–water partition coefficient (Wildman–Crippen LogP) is -4.67. The molecule has 2 rings (SSSR count). The van der Waals surface area contributed by atoms with Crippen molar-refractivity contribution >= 4 is 99.7 Å². The molecule has 0 spiro atoms. The van der Waals surface area contributed by atoms with Crippen molar-refractivity contribution in [1.29, 1.82) is 0 Å². The first-order valence-corrected chi connectivity index (χ1v) is 33.2. The van der Waals surface area contributed by atoms with Crippen LogP contribution in [0.1, 0.15) is 139 Å². The van der Waals surface area contributed by atoms with Crippen molar-refractivity contribution in [3.8, 4) is 0 Å². The van der Waals surface area contributed by atoms with Gasteiger partial charge in [-0.05, 0) is 121 Å². The number of fused-ring (bicyclic) bond motifs is 1. The Morgan fingerprint density at radius 3 is 1.43 bits per heavy atom. The summed E-state index contributed by atoms with van der Waals surface area (Å²) >= 11 is 0. The predicted molar refractivity (Wildman–Crippen MR) is 361 cm³/mol. The maximum Gasteiger partial charge on any atom is 0.326 e. The number of carbonyl (C=O) groups excluding carboxylic acids is 12. The van der Waals surface area contributed by atoms with Gasteiger partial charge in [-0.15, -0.1) is 0 Å². The Labute approximate surface area is 579 Å². The number of hydrogen-bond acceptors (Lipinski definition) is 20. The largest absolute Gasteiger partial charge is 0.481 e. The molecule has 0 saturated heterocycles. The highest BCUT2D eigenvalue weighted by molar-refractivity contribution is 6.00. The number of nitrogens with two attached hydrogens (primary N) is 3. The number of carboxylic acid groups (broad SMARTS) is 3. The number of hydrogen-bond donors (Lipinski definition) is 21. The van der Waals surface area contributed by atoms with Crippen molar-refractivity contribution in [1.82, 2.24) is 68.8 Å². The monoisotopic (exact) mass is 1420 g/mol. The van der Waals surface area contributed by atoms with Gasteiger partial charge in [0.2, 0.25) is 70.9 Å². The summed E-state index contributed by atoms with van der Waals surface area (Å²) in [5.74, 6) is -16.9. The van der Waals surface area contributed by atoms with Gasteiger partial charge in [-0.3, -0.25) is 67.1 Å². The number of H-pyrrole nitrogens is 1. The number of carbonyl (C=O) groups is 15. The van der Waals surface area contributed by atoms with Crippen LogP contribution in [0.5, 0.6) is 0 Å². The maximum absolute atomic E-state index is 14.3. The molecule has 0 unspecified atom stereocenters. The third-order valence-electron chi connectivity index (χ3n) is 15.8. The van der Waals surface area contributed by atoms with Crippen LogP contribution in [0, 0.1) is 17.8 Å². The van der Waals surface area contributed by atoms with Crippen molar-refractivity contribution in [2.45, 2.75) is 218 Å². The zero-order valence-electron chi connectivity index (χ0n) is 58.0. The van der Waals surface area contributed by atoms with Crippen molar-refractivity contribution in [2.24, 2.45) is 35.0 Å². The van der Waals surface area contributed by atoms with Crippen LogP contribution in [0.4, 0.5) is 0 Å². The fourth-order valence-corrected chi connectivity index (χ4v) is 10.0. The summed E-state index contributed by atoms with van der Waals surface area (Å²) in [6, 6.07) is -10.6. The SMILES string of the molecule is CC(C)C[C@H](NC(=O)[C@H](C)NC(=O)[C@@H](NC(=O)[C@@H](NC(=O)[C@H](C)NC(=O)[C@H](CO)NC(=O)[C@H](CCCCN)NC(=O)[C@H](CCC(=O)O)NC(=O)[C@@H](N)CCC(=O)O)C(C)C)[C@@H](C)O)C(=O)N[C@@H](Cc1c[nH]c2ccccc12)C(=O)NCC(=O)N[C@@H](CCCCN)C(=O)N[C@H](C(=O)O)C(C)C. The molecule has 0 aliphatic rings. The normalized spacial score (nSPS) is 15.2. The topological polar surface area (TPSA) is 595 Å². The summed E-state index contributed by atoms with van der Waals surface area (Å²) in [5, 5.41) is 79.0. The lowest BCUT2D eigenvalue weighted by atomic mass is 10.0. The molecule has 0 aliphatic heterocycles. The van der Waals surface area contributed by atoms with E-state index in [2.05, 4.69) is 68.8 Å². The number of aromatic nitrogens is 1. The number of aliphatic carboxylic acids is 3. The first-order valence-electron chi connectivity index (χ1n) is 33.2. The molecule has 1 aromatic heterocycles. The van der Waals surface area contributed by atoms with E-state index in [0.29, 0.717) is 35.7 Å². The summed E-state index contributed by atoms with van der Waals surface area (Å²) in [4.78, 5) is 202. The Morgan fingerprint density at radius 1 is 0.460 bits per heavy atom. The number of amides is 12. The zero-order valence-corrected chi connectivity index (χ0v) is 58.0. The van der Waals surface area contributed by atoms with E-state index < -0.39 is 212 Å². The van der Waals surface area contributed by atoms with Crippen LogP contribution in [0.15, 0.2) is 30.5 Å². The average Bonchev–Trinajstić information content (AvgIpc) is 1.64. The van der Waals surface area contributed by atoms with E-state index in [4.69, 9.17) is 22.3 Å². The van der Waals surface area contributed by atoms with Gasteiger partial charge in [-0.25, -0.2) is 4.79 Å². The van der Waals surface area contributed by atoms with E-state index in [9.17, 15) is 92.3 Å². The summed E-state index contributed by atoms with van der Waals surface area (Å²) in [6.45, 7) is 12.0. The van der Waals surface area contributed by atoms with Crippen LogP contribution in [0.3, 0.4) is 0 Å². The number of aromatic amines is 1. The minimum atomic E-state index is -1.78. The number of aliphatic hydroxyl groups excluding tert-OH is 2. The highest BCUT2D eigenvalue weighted by atomic mass is 16.4. The lowest BCUT2D eigenvalue weighted by Crippen LogP contribution is -2.62. The number of carboxylic acids is 3. The van der Waals surface area contributed by atoms with Gasteiger partial charge in [0, 0.05) is 36.4 Å². The minimum absolute atomic E-state index is 0.00848. The number of unbranched alkanes of at least 4 members (excludes halogenated alkanes) is 2. The van der Waals surface area contributed by atoms with Gasteiger partial charge in [0.25, 0.3) is 0 Å². The average molecular weight is 1420 g/mol. The van der Waals surface area contributed by atoms with Gasteiger partial charge < -0.3 is 112 Å². The Morgan fingerprint density at radius 2 is 0.900 bits per heavy atom. The molecule has 1 aromatic carbocycles. The molecule has 12 amide bonds. The second-order valence-corrected chi connectivity index (χ2v) is 25.5. The standard InChI is InChI=1S/C64H104N16O20/c1-31(2)26-44(60(95)76-45(27-37-28-68-40-17-11-10-16-38(37)40)56(91)69-29-47(83)72-41(18-12-14-24-65)59(94)79-51(33(5)6)64(99)100)75-53(88)34(7)71-63(98)52(36(9)82)80-62(97)50(32(3)4)78-54(89)35(8)70-61(96)46(30-81)77-57(92)42(19-13-15-25-66)74-58(93)43(21-23-49(86)87)73-55(90)39(67)20-22-48(84)85/h10-11,16-17,28,31-36,39,41-46,50-52,68,81-82H,12-15,18-27,29-30,65-67H2,1-9H3,(H,69,91)(H,70,96)(H,71,98)(H,72,83)(H,73,90)(H,74,93)(H,75,88)(H,76,95)(H,77,92)(H,78,89)(H,79,94)(H,80,97)(H,84,85)(H,86,87)(H,99,100)/t34-,35-,36+,39-,41-,42-,43-,44-,45-,46-,50-,51-,52-/m0/s1. The highest BCUT2D eigenvalue weighted by Gasteiger charge is 2.37. The van der Waals surface area contributed by atoms with E-state index in [-0.39, 0.29) is 57.5 Å². The maximum atomic E-state index is 14.3. The van der Waals surface area contributed by atoms with E-state index in [1.807, 2.05) is 0 Å². The molecule has 36 nitrogen and oxygen atoms in total. The summed E-state index contributed by atoms with van der Waals surface area (Å²) in [7, 11) is 0. The van der Waals surface area contributed by atoms with E-state index >= 15 is 0 Å². The molecule has 36 heteroatoms. The lowest BCUT2D eigenvalue weighted by molar-refractivity contribution is -0.143. The van der Waals surface area contributed by atoms with Crippen molar-refractivity contribution < 1.29 is 97.5 Å². The van der Waals surface area contributed by atoms with Crippen LogP contribution in [0.25, 0.3) is 10.9 Å². The van der Waals surface area contributed by atoms with Gasteiger partial charge in [0.05, 0.1) is 25.3 Å². The van der Waals surface area contributed by atoms with E-state index in [0.717, 1.165) is 6.92 Å². The third-order valence-corrected chi connectivity index (χ3v) is 15.8. The van der Waals surface area contributed by atoms with Gasteiger partial charge in [-0.2, -0.15) is 0 Å². The Balaban J connectivity index is 2.27. The van der Waals surface area contributed by atoms with Crippen LogP contribution in [0.2, 0.25) is 0 Å². The van der Waals surface area contributed by atoms with Gasteiger partial charge in [0.1, 0.15) is 66.5 Å². The minimum Gasteiger partial charge on any atom is -0.481 e. The summed E-state index contributed by atoms with van der Waals surface area (Å²) < 4.78 is 0. The van der Waals surface area contributed by atoms with Crippen molar-refractivity contribution in [3.63, 3.8) is 0 Å². The molecule has 560 valence electrons. The van der Waals surface area contributed by atoms with Gasteiger partial charge in [-0.1, -0.05) is 59.7 Å². The van der Waals surface area contributed by atoms with Crippen LogP contribution in [-0.4, -0.2) is 224 Å². The first-order chi connectivity index (χ1) is 47.0. The number of benzene rings is 1. The summed E-state index contributed by atoms with van der Waals surface area (Å²) in [6.07, 6.45) is -0.670. The van der Waals surface area contributed by atoms with Crippen LogP contribution >= 0.6 is 0 Å². The molecule has 13 atom stereocenters. The second-order valence-electron chi connectivity index (χ2n) is 25.5. The molecule has 0 radical (unpaired) electrons. The molecule has 0 bridgehead atoms. The van der Waals surface area contributed by atoms with Crippen molar-refractivity contribution in [2.75, 3.05) is 26.2 Å². The molecule has 2 aromatic rings. The number of para-hydroxylation sites is 1. The first kappa shape index (κ1) is 86.7. The number of aliphatic hydroxyl groups is 2. The molecular weight excluding hydrogens is 1310 g/mol.